The summed E-state index contributed by atoms with van der Waals surface area (Å²) in [5, 5.41) is 7.14. The van der Waals surface area contributed by atoms with Gasteiger partial charge in [0.2, 0.25) is 0 Å². The lowest BCUT2D eigenvalue weighted by molar-refractivity contribution is 0.671. The van der Waals surface area contributed by atoms with Gasteiger partial charge in [0.15, 0.2) is 5.58 Å². The minimum Gasteiger partial charge on any atom is -0.454 e. The monoisotopic (exact) mass is 650 g/mol. The van der Waals surface area contributed by atoms with Gasteiger partial charge < -0.3 is 13.6 Å². The zero-order valence-electron chi connectivity index (χ0n) is 27.6. The van der Waals surface area contributed by atoms with Crippen LogP contribution in [0, 0.1) is 0 Å². The number of hydrogen-bond donors (Lipinski definition) is 0. The van der Waals surface area contributed by atoms with E-state index >= 15 is 0 Å². The highest BCUT2D eigenvalue weighted by Gasteiger charge is 2.22. The first-order valence-electron chi connectivity index (χ1n) is 17.4. The van der Waals surface area contributed by atoms with Crippen LogP contribution >= 0.6 is 0 Å². The van der Waals surface area contributed by atoms with Crippen LogP contribution in [0.3, 0.4) is 0 Å². The molecule has 0 amide bonds. The average Bonchev–Trinajstić information content (AvgIpc) is 3.86. The minimum atomic E-state index is 0.902. The van der Waals surface area contributed by atoms with Crippen molar-refractivity contribution in [2.45, 2.75) is 0 Å². The average molecular weight is 651 g/mol. The van der Waals surface area contributed by atoms with Crippen molar-refractivity contribution in [2.75, 3.05) is 0 Å². The Labute approximate surface area is 293 Å². The molecule has 0 aliphatic heterocycles. The SMILES string of the molecule is c1ccc(-c2cccc(-c3cccc(-n4c5ccccc5c5ccc6c7ccccc7oc6c54)c3)c2-n2c3ccccc3c3ccccc32)cc1. The van der Waals surface area contributed by atoms with E-state index < -0.39 is 0 Å². The van der Waals surface area contributed by atoms with Crippen molar-refractivity contribution in [3.05, 3.63) is 182 Å². The summed E-state index contributed by atoms with van der Waals surface area (Å²) < 4.78 is 11.5. The lowest BCUT2D eigenvalue weighted by Crippen LogP contribution is -2.01. The number of hydrogen-bond acceptors (Lipinski definition) is 1. The summed E-state index contributed by atoms with van der Waals surface area (Å²) in [6, 6.07) is 65.5. The first-order chi connectivity index (χ1) is 25.3. The van der Waals surface area contributed by atoms with Gasteiger partial charge in [-0.3, -0.25) is 0 Å². The van der Waals surface area contributed by atoms with Gasteiger partial charge in [0.05, 0.1) is 27.8 Å². The van der Waals surface area contributed by atoms with E-state index in [1.54, 1.807) is 0 Å². The predicted octanol–water partition coefficient (Wildman–Crippen LogP) is 13.1. The quantitative estimate of drug-likeness (QED) is 0.186. The van der Waals surface area contributed by atoms with Crippen LogP contribution in [0.1, 0.15) is 0 Å². The molecule has 11 aromatic rings. The minimum absolute atomic E-state index is 0.902. The van der Waals surface area contributed by atoms with Crippen LogP contribution in [-0.4, -0.2) is 9.13 Å². The summed E-state index contributed by atoms with van der Waals surface area (Å²) in [5.41, 5.74) is 13.4. The highest BCUT2D eigenvalue weighted by atomic mass is 16.3. The molecule has 0 atom stereocenters. The third-order valence-corrected chi connectivity index (χ3v) is 10.5. The highest BCUT2D eigenvalue weighted by Crippen LogP contribution is 2.43. The number of rotatable bonds is 4. The molecular formula is C48H30N2O. The molecule has 0 radical (unpaired) electrons. The van der Waals surface area contributed by atoms with Gasteiger partial charge in [-0.15, -0.1) is 0 Å². The maximum Gasteiger partial charge on any atom is 0.160 e. The molecule has 11 rings (SSSR count). The van der Waals surface area contributed by atoms with Gasteiger partial charge in [0.25, 0.3) is 0 Å². The molecule has 0 aliphatic rings. The van der Waals surface area contributed by atoms with Gasteiger partial charge in [-0.2, -0.15) is 0 Å². The number of aromatic nitrogens is 2. The molecule has 0 aliphatic carbocycles. The lowest BCUT2D eigenvalue weighted by Gasteiger charge is -2.20. The Bertz CT molecular complexity index is 3090. The van der Waals surface area contributed by atoms with Crippen LogP contribution < -0.4 is 0 Å². The molecule has 0 saturated heterocycles. The number of fused-ring (bicyclic) bond motifs is 10. The topological polar surface area (TPSA) is 23.0 Å². The number of nitrogens with zero attached hydrogens (tertiary/aromatic N) is 2. The van der Waals surface area contributed by atoms with Crippen LogP contribution in [0.25, 0.3) is 99.2 Å². The molecule has 238 valence electrons. The summed E-state index contributed by atoms with van der Waals surface area (Å²) >= 11 is 0. The third kappa shape index (κ3) is 4.06. The highest BCUT2D eigenvalue weighted by molar-refractivity contribution is 6.21. The number of para-hydroxylation sites is 5. The van der Waals surface area contributed by atoms with E-state index in [2.05, 4.69) is 185 Å². The van der Waals surface area contributed by atoms with Crippen LogP contribution in [-0.2, 0) is 0 Å². The summed E-state index contributed by atoms with van der Waals surface area (Å²) in [7, 11) is 0. The van der Waals surface area contributed by atoms with Gasteiger partial charge in [-0.05, 0) is 53.6 Å². The number of furan rings is 1. The second kappa shape index (κ2) is 10.8. The standard InChI is InChI=1S/C48H30N2O/c1-2-14-31(15-3-1)34-22-13-23-35(46(34)50-43-25-9-4-18-36(43)37-19-5-10-26-44(37)50)32-16-12-17-33(30-32)49-42-24-8-6-20-38(42)40-28-29-41-39-21-7-11-27-45(39)51-48(41)47(40)49/h1-30H. The van der Waals surface area contributed by atoms with Crippen molar-refractivity contribution in [1.29, 1.82) is 0 Å². The van der Waals surface area contributed by atoms with Crippen LogP contribution in [0.4, 0.5) is 0 Å². The molecule has 3 aromatic heterocycles. The molecule has 8 aromatic carbocycles. The van der Waals surface area contributed by atoms with Crippen LogP contribution in [0.5, 0.6) is 0 Å². The molecule has 3 nitrogen and oxygen atoms in total. The Balaban J connectivity index is 1.23. The summed E-state index contributed by atoms with van der Waals surface area (Å²) in [5.74, 6) is 0. The summed E-state index contributed by atoms with van der Waals surface area (Å²) in [4.78, 5) is 0. The van der Waals surface area contributed by atoms with Crippen molar-refractivity contribution >= 4 is 65.6 Å². The molecule has 0 spiro atoms. The Hall–Kier alpha value is -6.84. The molecule has 3 heteroatoms. The molecular weight excluding hydrogens is 621 g/mol. The first-order valence-corrected chi connectivity index (χ1v) is 17.4. The van der Waals surface area contributed by atoms with E-state index in [9.17, 15) is 0 Å². The maximum absolute atomic E-state index is 6.66. The zero-order chi connectivity index (χ0) is 33.5. The maximum atomic E-state index is 6.66. The van der Waals surface area contributed by atoms with Gasteiger partial charge in [-0.25, -0.2) is 0 Å². The van der Waals surface area contributed by atoms with Gasteiger partial charge >= 0.3 is 0 Å². The normalized spacial score (nSPS) is 11.9. The fourth-order valence-electron chi connectivity index (χ4n) is 8.34. The van der Waals surface area contributed by atoms with E-state index in [-0.39, 0.29) is 0 Å². The second-order valence-corrected chi connectivity index (χ2v) is 13.3. The smallest absolute Gasteiger partial charge is 0.160 e. The van der Waals surface area contributed by atoms with E-state index in [0.717, 1.165) is 44.2 Å². The number of benzene rings is 8. The van der Waals surface area contributed by atoms with E-state index in [0.29, 0.717) is 0 Å². The van der Waals surface area contributed by atoms with Gasteiger partial charge in [-0.1, -0.05) is 140 Å². The first kappa shape index (κ1) is 28.0. The zero-order valence-corrected chi connectivity index (χ0v) is 27.6. The Kier molecular flexibility index (Phi) is 5.96. The fraction of sp³-hybridized carbons (Fsp3) is 0. The molecule has 3 heterocycles. The predicted molar refractivity (Wildman–Crippen MR) is 213 cm³/mol. The van der Waals surface area contributed by atoms with E-state index in [4.69, 9.17) is 4.42 Å². The molecule has 0 fully saturated rings. The lowest BCUT2D eigenvalue weighted by atomic mass is 9.95. The third-order valence-electron chi connectivity index (χ3n) is 10.5. The van der Waals surface area contributed by atoms with Crippen molar-refractivity contribution in [3.8, 4) is 33.6 Å². The second-order valence-electron chi connectivity index (χ2n) is 13.3. The molecule has 0 N–H and O–H groups in total. The Morgan fingerprint density at radius 1 is 0.353 bits per heavy atom. The van der Waals surface area contributed by atoms with Crippen molar-refractivity contribution in [3.63, 3.8) is 0 Å². The Morgan fingerprint density at radius 3 is 1.61 bits per heavy atom. The molecule has 51 heavy (non-hydrogen) atoms. The van der Waals surface area contributed by atoms with Crippen LogP contribution in [0.15, 0.2) is 186 Å². The van der Waals surface area contributed by atoms with Crippen molar-refractivity contribution < 1.29 is 4.42 Å². The van der Waals surface area contributed by atoms with Gasteiger partial charge in [0, 0.05) is 49.1 Å². The largest absolute Gasteiger partial charge is 0.454 e. The van der Waals surface area contributed by atoms with Crippen molar-refractivity contribution in [2.24, 2.45) is 0 Å². The molecule has 0 unspecified atom stereocenters. The fourth-order valence-corrected chi connectivity index (χ4v) is 8.34. The molecule has 0 saturated carbocycles. The van der Waals surface area contributed by atoms with Crippen LogP contribution in [0.2, 0.25) is 0 Å². The van der Waals surface area contributed by atoms with Gasteiger partial charge in [0.1, 0.15) is 5.58 Å². The van der Waals surface area contributed by atoms with E-state index in [1.807, 2.05) is 6.07 Å². The molecule has 0 bridgehead atoms. The van der Waals surface area contributed by atoms with E-state index in [1.165, 1.54) is 55.0 Å². The Morgan fingerprint density at radius 2 is 0.882 bits per heavy atom. The summed E-state index contributed by atoms with van der Waals surface area (Å²) in [6.45, 7) is 0. The summed E-state index contributed by atoms with van der Waals surface area (Å²) in [6.07, 6.45) is 0. The van der Waals surface area contributed by atoms with Crippen molar-refractivity contribution in [1.82, 2.24) is 9.13 Å².